The molecule has 6 heteroatoms. The number of hydrogen-bond donors (Lipinski definition) is 1. The highest BCUT2D eigenvalue weighted by Crippen LogP contribution is 2.28. The zero-order chi connectivity index (χ0) is 14.5. The normalized spacial score (nSPS) is 10.8. The van der Waals surface area contributed by atoms with Crippen LogP contribution in [0.25, 0.3) is 16.8 Å². The minimum absolute atomic E-state index is 0.0344. The first-order valence-corrected chi connectivity index (χ1v) is 6.01. The van der Waals surface area contributed by atoms with E-state index in [0.717, 1.165) is 10.9 Å². The van der Waals surface area contributed by atoms with Crippen molar-refractivity contribution in [2.45, 2.75) is 6.92 Å². The number of hydrogen-bond acceptors (Lipinski definition) is 4. The third-order valence-corrected chi connectivity index (χ3v) is 2.79. The Morgan fingerprint density at radius 2 is 2.20 bits per heavy atom. The number of nitro groups is 1. The lowest BCUT2D eigenvalue weighted by molar-refractivity contribution is -0.383. The number of nitrogens with zero attached hydrogens (tertiary/aromatic N) is 2. The van der Waals surface area contributed by atoms with E-state index in [-0.39, 0.29) is 11.6 Å². The molecular formula is C14H13N3O3. The van der Waals surface area contributed by atoms with Gasteiger partial charge in [-0.3, -0.25) is 19.9 Å². The highest BCUT2D eigenvalue weighted by molar-refractivity contribution is 5.96. The van der Waals surface area contributed by atoms with Crippen LogP contribution in [-0.4, -0.2) is 22.4 Å². The summed E-state index contributed by atoms with van der Waals surface area (Å²) in [5, 5.41) is 14.9. The van der Waals surface area contributed by atoms with Gasteiger partial charge in [-0.15, -0.1) is 0 Å². The van der Waals surface area contributed by atoms with E-state index in [0.29, 0.717) is 11.9 Å². The molecule has 0 atom stereocenters. The zero-order valence-corrected chi connectivity index (χ0v) is 10.9. The fourth-order valence-corrected chi connectivity index (χ4v) is 1.89. The molecule has 0 fully saturated rings. The smallest absolute Gasteiger partial charge is 0.278 e. The predicted molar refractivity (Wildman–Crippen MR) is 76.1 cm³/mol. The maximum absolute atomic E-state index is 11.0. The Labute approximate surface area is 115 Å². The van der Waals surface area contributed by atoms with Gasteiger partial charge < -0.3 is 5.32 Å². The van der Waals surface area contributed by atoms with Gasteiger partial charge >= 0.3 is 0 Å². The Kier molecular flexibility index (Phi) is 4.05. The Balaban J connectivity index is 2.38. The first-order valence-electron chi connectivity index (χ1n) is 6.01. The van der Waals surface area contributed by atoms with E-state index in [1.54, 1.807) is 24.4 Å². The molecule has 0 aliphatic carbocycles. The standard InChI is InChI=1S/C14H13N3O3/c1-10(18)16-7-2-3-11-4-5-14(17(19)20)13-9-15-8-6-12(11)13/h2-6,8-9H,7H2,1H3,(H,16,18). The molecule has 0 unspecified atom stereocenters. The molecule has 0 saturated carbocycles. The van der Waals surface area contributed by atoms with E-state index in [2.05, 4.69) is 10.3 Å². The maximum atomic E-state index is 11.0. The van der Waals surface area contributed by atoms with Crippen LogP contribution in [0.1, 0.15) is 12.5 Å². The average molecular weight is 271 g/mol. The molecule has 1 aromatic carbocycles. The molecule has 2 rings (SSSR count). The molecule has 0 radical (unpaired) electrons. The van der Waals surface area contributed by atoms with Crippen LogP contribution in [0.3, 0.4) is 0 Å². The highest BCUT2D eigenvalue weighted by Gasteiger charge is 2.12. The summed E-state index contributed by atoms with van der Waals surface area (Å²) in [6.45, 7) is 1.86. The largest absolute Gasteiger partial charge is 0.353 e. The number of nitro benzene ring substituents is 1. The van der Waals surface area contributed by atoms with Crippen LogP contribution >= 0.6 is 0 Å². The summed E-state index contributed by atoms with van der Waals surface area (Å²) in [5.41, 5.74) is 0.880. The zero-order valence-electron chi connectivity index (χ0n) is 10.9. The predicted octanol–water partition coefficient (Wildman–Crippen LogP) is 2.29. The number of pyridine rings is 1. The number of aromatic nitrogens is 1. The molecule has 0 aliphatic rings. The fraction of sp³-hybridized carbons (Fsp3) is 0.143. The number of amides is 1. The van der Waals surface area contributed by atoms with Crippen molar-refractivity contribution in [3.05, 3.63) is 52.3 Å². The van der Waals surface area contributed by atoms with Crippen molar-refractivity contribution >= 4 is 28.4 Å². The number of carbonyl (C=O) groups excluding carboxylic acids is 1. The lowest BCUT2D eigenvalue weighted by Crippen LogP contribution is -2.19. The first kappa shape index (κ1) is 13.7. The van der Waals surface area contributed by atoms with Gasteiger partial charge in [0.25, 0.3) is 5.69 Å². The topological polar surface area (TPSA) is 85.1 Å². The number of rotatable bonds is 4. The molecule has 0 spiro atoms. The van der Waals surface area contributed by atoms with Gasteiger partial charge in [-0.1, -0.05) is 12.2 Å². The lowest BCUT2D eigenvalue weighted by Gasteiger charge is -2.03. The van der Waals surface area contributed by atoms with E-state index in [4.69, 9.17) is 0 Å². The molecule has 1 aromatic heterocycles. The monoisotopic (exact) mass is 271 g/mol. The number of benzene rings is 1. The van der Waals surface area contributed by atoms with E-state index in [1.165, 1.54) is 19.2 Å². The number of fused-ring (bicyclic) bond motifs is 1. The summed E-state index contributed by atoms with van der Waals surface area (Å²) in [5.74, 6) is -0.104. The Morgan fingerprint density at radius 1 is 1.40 bits per heavy atom. The first-order chi connectivity index (χ1) is 9.59. The minimum Gasteiger partial charge on any atom is -0.353 e. The molecule has 1 N–H and O–H groups in total. The van der Waals surface area contributed by atoms with E-state index >= 15 is 0 Å². The maximum Gasteiger partial charge on any atom is 0.278 e. The van der Waals surface area contributed by atoms with Crippen LogP contribution in [-0.2, 0) is 4.79 Å². The van der Waals surface area contributed by atoms with Crippen molar-refractivity contribution in [3.63, 3.8) is 0 Å². The molecule has 0 bridgehead atoms. The lowest BCUT2D eigenvalue weighted by atomic mass is 10.0. The Hall–Kier alpha value is -2.76. The molecule has 6 nitrogen and oxygen atoms in total. The Bertz CT molecular complexity index is 695. The third kappa shape index (κ3) is 2.97. The second kappa shape index (κ2) is 5.92. The molecular weight excluding hydrogens is 258 g/mol. The summed E-state index contributed by atoms with van der Waals surface area (Å²) >= 11 is 0. The second-order valence-electron chi connectivity index (χ2n) is 4.19. The average Bonchev–Trinajstić information content (AvgIpc) is 2.43. The molecule has 0 aliphatic heterocycles. The molecule has 20 heavy (non-hydrogen) atoms. The summed E-state index contributed by atoms with van der Waals surface area (Å²) < 4.78 is 0. The van der Waals surface area contributed by atoms with Gasteiger partial charge in [-0.25, -0.2) is 0 Å². The highest BCUT2D eigenvalue weighted by atomic mass is 16.6. The van der Waals surface area contributed by atoms with E-state index in [9.17, 15) is 14.9 Å². The van der Waals surface area contributed by atoms with Crippen molar-refractivity contribution in [2.75, 3.05) is 6.54 Å². The molecule has 1 amide bonds. The number of non-ortho nitro benzene ring substituents is 1. The number of carbonyl (C=O) groups is 1. The quantitative estimate of drug-likeness (QED) is 0.683. The summed E-state index contributed by atoms with van der Waals surface area (Å²) in [7, 11) is 0. The fourth-order valence-electron chi connectivity index (χ4n) is 1.89. The molecule has 102 valence electrons. The number of nitrogens with one attached hydrogen (secondary N) is 1. The van der Waals surface area contributed by atoms with E-state index < -0.39 is 4.92 Å². The summed E-state index contributed by atoms with van der Waals surface area (Å²) in [6.07, 6.45) is 6.69. The van der Waals surface area contributed by atoms with Gasteiger partial charge in [0.15, 0.2) is 0 Å². The summed E-state index contributed by atoms with van der Waals surface area (Å²) in [4.78, 5) is 25.2. The third-order valence-electron chi connectivity index (χ3n) is 2.79. The van der Waals surface area contributed by atoms with Gasteiger partial charge in [0.05, 0.1) is 10.3 Å². The van der Waals surface area contributed by atoms with Gasteiger partial charge in [0.2, 0.25) is 5.91 Å². The molecule has 2 aromatic rings. The molecule has 1 heterocycles. The van der Waals surface area contributed by atoms with Crippen LogP contribution in [0, 0.1) is 10.1 Å². The van der Waals surface area contributed by atoms with Crippen molar-refractivity contribution in [2.24, 2.45) is 0 Å². The van der Waals surface area contributed by atoms with Crippen molar-refractivity contribution in [1.29, 1.82) is 0 Å². The van der Waals surface area contributed by atoms with Crippen LogP contribution in [0.5, 0.6) is 0 Å². The van der Waals surface area contributed by atoms with Crippen LogP contribution in [0.15, 0.2) is 36.7 Å². The van der Waals surface area contributed by atoms with Crippen molar-refractivity contribution < 1.29 is 9.72 Å². The minimum atomic E-state index is -0.422. The van der Waals surface area contributed by atoms with Crippen LogP contribution < -0.4 is 5.32 Å². The van der Waals surface area contributed by atoms with Crippen molar-refractivity contribution in [1.82, 2.24) is 10.3 Å². The van der Waals surface area contributed by atoms with Crippen molar-refractivity contribution in [3.8, 4) is 0 Å². The van der Waals surface area contributed by atoms with Crippen LogP contribution in [0.2, 0.25) is 0 Å². The van der Waals surface area contributed by atoms with E-state index in [1.807, 2.05) is 6.08 Å². The SMILES string of the molecule is CC(=O)NCC=Cc1ccc([N+](=O)[O-])c2cnccc12. The Morgan fingerprint density at radius 3 is 2.90 bits per heavy atom. The van der Waals surface area contributed by atoms with Gasteiger partial charge in [-0.2, -0.15) is 0 Å². The second-order valence-corrected chi connectivity index (χ2v) is 4.19. The van der Waals surface area contributed by atoms with Gasteiger partial charge in [0, 0.05) is 31.9 Å². The molecule has 0 saturated heterocycles. The van der Waals surface area contributed by atoms with Crippen LogP contribution in [0.4, 0.5) is 5.69 Å². The summed E-state index contributed by atoms with van der Waals surface area (Å²) in [6, 6.07) is 4.88. The van der Waals surface area contributed by atoms with Gasteiger partial charge in [0.1, 0.15) is 0 Å². The van der Waals surface area contributed by atoms with Gasteiger partial charge in [-0.05, 0) is 23.1 Å².